The third-order valence-corrected chi connectivity index (χ3v) is 3.44. The molecule has 3 N–H and O–H groups in total. The van der Waals surface area contributed by atoms with Gasteiger partial charge in [0, 0.05) is 25.8 Å². The van der Waals surface area contributed by atoms with E-state index in [9.17, 15) is 0 Å². The molecule has 1 aromatic rings. The van der Waals surface area contributed by atoms with Crippen LogP contribution in [0, 0.1) is 0 Å². The number of nitrogens with zero attached hydrogens (tertiary/aromatic N) is 3. The summed E-state index contributed by atoms with van der Waals surface area (Å²) in [6, 6.07) is 0. The van der Waals surface area contributed by atoms with Gasteiger partial charge in [0.1, 0.15) is 18.0 Å². The van der Waals surface area contributed by atoms with Crippen LogP contribution in [0.5, 0.6) is 0 Å². The molecule has 19 heavy (non-hydrogen) atoms. The zero-order valence-corrected chi connectivity index (χ0v) is 11.9. The number of ether oxygens (including phenoxy) is 1. The molecule has 6 heteroatoms. The predicted molar refractivity (Wildman–Crippen MR) is 76.2 cm³/mol. The SMILES string of the molecule is CC(C)c1c(NN)ncnc1N(C)CC1CCCO1. The van der Waals surface area contributed by atoms with Crippen LogP contribution in [-0.2, 0) is 4.74 Å². The number of hydrogen-bond acceptors (Lipinski definition) is 6. The fourth-order valence-electron chi connectivity index (χ4n) is 2.52. The second kappa shape index (κ2) is 6.16. The highest BCUT2D eigenvalue weighted by Gasteiger charge is 2.22. The number of hydrogen-bond donors (Lipinski definition) is 2. The maximum Gasteiger partial charge on any atom is 0.148 e. The third-order valence-electron chi connectivity index (χ3n) is 3.44. The average Bonchev–Trinajstić information content (AvgIpc) is 2.90. The van der Waals surface area contributed by atoms with E-state index in [-0.39, 0.29) is 0 Å². The van der Waals surface area contributed by atoms with E-state index in [2.05, 4.69) is 34.1 Å². The van der Waals surface area contributed by atoms with Gasteiger partial charge in [-0.1, -0.05) is 13.8 Å². The van der Waals surface area contributed by atoms with Crippen LogP contribution in [0.2, 0.25) is 0 Å². The third kappa shape index (κ3) is 3.13. The van der Waals surface area contributed by atoms with Gasteiger partial charge in [-0.3, -0.25) is 0 Å². The monoisotopic (exact) mass is 265 g/mol. The standard InChI is InChI=1S/C13H23N5O/c1-9(2)11-12(17-14)15-8-16-13(11)18(3)7-10-5-4-6-19-10/h8-10H,4-7,14H2,1-3H3,(H,15,16,17). The maximum atomic E-state index is 5.68. The minimum absolute atomic E-state index is 0.300. The van der Waals surface area contributed by atoms with Crippen molar-refractivity contribution in [3.05, 3.63) is 11.9 Å². The predicted octanol–water partition coefficient (Wildman–Crippen LogP) is 1.50. The second-order valence-corrected chi connectivity index (χ2v) is 5.27. The van der Waals surface area contributed by atoms with Crippen LogP contribution >= 0.6 is 0 Å². The molecule has 0 spiro atoms. The molecule has 2 rings (SSSR count). The van der Waals surface area contributed by atoms with E-state index in [4.69, 9.17) is 10.6 Å². The fourth-order valence-corrected chi connectivity index (χ4v) is 2.52. The summed E-state index contributed by atoms with van der Waals surface area (Å²) in [6.07, 6.45) is 4.11. The van der Waals surface area contributed by atoms with E-state index in [0.717, 1.165) is 37.4 Å². The Morgan fingerprint density at radius 1 is 1.53 bits per heavy atom. The number of nitrogens with one attached hydrogen (secondary N) is 1. The molecule has 2 heterocycles. The highest BCUT2D eigenvalue weighted by atomic mass is 16.5. The van der Waals surface area contributed by atoms with Crippen molar-refractivity contribution in [1.29, 1.82) is 0 Å². The van der Waals surface area contributed by atoms with Crippen LogP contribution in [0.25, 0.3) is 0 Å². The Balaban J connectivity index is 2.22. The van der Waals surface area contributed by atoms with Crippen molar-refractivity contribution in [3.63, 3.8) is 0 Å². The van der Waals surface area contributed by atoms with Crippen molar-refractivity contribution in [3.8, 4) is 0 Å². The van der Waals surface area contributed by atoms with E-state index in [1.54, 1.807) is 6.33 Å². The molecule has 1 unspecified atom stereocenters. The van der Waals surface area contributed by atoms with Gasteiger partial charge in [-0.15, -0.1) is 0 Å². The molecule has 1 aromatic heterocycles. The molecule has 0 amide bonds. The normalized spacial score (nSPS) is 18.9. The summed E-state index contributed by atoms with van der Waals surface area (Å²) < 4.78 is 5.68. The number of rotatable bonds is 5. The number of hydrazine groups is 1. The first kappa shape index (κ1) is 14.0. The van der Waals surface area contributed by atoms with Crippen LogP contribution in [-0.4, -0.2) is 36.3 Å². The Labute approximate surface area is 114 Å². The van der Waals surface area contributed by atoms with Crippen molar-refractivity contribution in [1.82, 2.24) is 9.97 Å². The van der Waals surface area contributed by atoms with Gasteiger partial charge in [-0.2, -0.15) is 0 Å². The molecule has 6 nitrogen and oxygen atoms in total. The zero-order chi connectivity index (χ0) is 13.8. The Kier molecular flexibility index (Phi) is 4.55. The molecule has 106 valence electrons. The molecule has 0 aliphatic carbocycles. The summed E-state index contributed by atoms with van der Waals surface area (Å²) in [5.41, 5.74) is 3.70. The topological polar surface area (TPSA) is 76.3 Å². The summed E-state index contributed by atoms with van der Waals surface area (Å²) in [6.45, 7) is 5.95. The van der Waals surface area contributed by atoms with Crippen molar-refractivity contribution >= 4 is 11.6 Å². The summed E-state index contributed by atoms with van der Waals surface area (Å²) in [5, 5.41) is 0. The lowest BCUT2D eigenvalue weighted by Crippen LogP contribution is -2.30. The van der Waals surface area contributed by atoms with E-state index < -0.39 is 0 Å². The number of nitrogens with two attached hydrogens (primary N) is 1. The lowest BCUT2D eigenvalue weighted by atomic mass is 10.0. The Bertz CT molecular complexity index is 417. The van der Waals surface area contributed by atoms with Gasteiger partial charge in [0.25, 0.3) is 0 Å². The van der Waals surface area contributed by atoms with Crippen LogP contribution in [0.4, 0.5) is 11.6 Å². The number of nitrogen functional groups attached to an aromatic ring is 1. The first-order valence-corrected chi connectivity index (χ1v) is 6.77. The Morgan fingerprint density at radius 2 is 2.32 bits per heavy atom. The van der Waals surface area contributed by atoms with E-state index >= 15 is 0 Å². The highest BCUT2D eigenvalue weighted by Crippen LogP contribution is 2.30. The number of likely N-dealkylation sites (N-methyl/N-ethyl adjacent to an activating group) is 1. The van der Waals surface area contributed by atoms with Crippen LogP contribution in [0.3, 0.4) is 0 Å². The first-order valence-electron chi connectivity index (χ1n) is 6.77. The lowest BCUT2D eigenvalue weighted by molar-refractivity contribution is 0.116. The molecular formula is C13H23N5O. The van der Waals surface area contributed by atoms with Crippen LogP contribution < -0.4 is 16.2 Å². The molecule has 0 aromatic carbocycles. The van der Waals surface area contributed by atoms with Crippen molar-refractivity contribution < 1.29 is 4.74 Å². The van der Waals surface area contributed by atoms with Crippen LogP contribution in [0.1, 0.15) is 38.2 Å². The molecule has 1 atom stereocenters. The molecule has 1 fully saturated rings. The van der Waals surface area contributed by atoms with Gasteiger partial charge in [0.2, 0.25) is 0 Å². The first-order chi connectivity index (χ1) is 9.13. The van der Waals surface area contributed by atoms with E-state index in [1.165, 1.54) is 0 Å². The van der Waals surface area contributed by atoms with Gasteiger partial charge in [0.15, 0.2) is 0 Å². The minimum Gasteiger partial charge on any atom is -0.376 e. The van der Waals surface area contributed by atoms with E-state index in [0.29, 0.717) is 17.8 Å². The molecule has 1 aliphatic rings. The van der Waals surface area contributed by atoms with Crippen molar-refractivity contribution in [2.75, 3.05) is 30.5 Å². The van der Waals surface area contributed by atoms with Crippen LogP contribution in [0.15, 0.2) is 6.33 Å². The highest BCUT2D eigenvalue weighted by molar-refractivity contribution is 5.59. The van der Waals surface area contributed by atoms with Gasteiger partial charge < -0.3 is 15.1 Å². The fraction of sp³-hybridized carbons (Fsp3) is 0.692. The van der Waals surface area contributed by atoms with Gasteiger partial charge in [-0.05, 0) is 18.8 Å². The lowest BCUT2D eigenvalue weighted by Gasteiger charge is -2.26. The summed E-state index contributed by atoms with van der Waals surface area (Å²) in [5.74, 6) is 7.46. The maximum absolute atomic E-state index is 5.68. The minimum atomic E-state index is 0.300. The van der Waals surface area contributed by atoms with Gasteiger partial charge in [0.05, 0.1) is 6.10 Å². The summed E-state index contributed by atoms with van der Waals surface area (Å²) >= 11 is 0. The molecule has 1 aliphatic heterocycles. The van der Waals surface area contributed by atoms with Gasteiger partial charge >= 0.3 is 0 Å². The Morgan fingerprint density at radius 3 is 2.89 bits per heavy atom. The van der Waals surface area contributed by atoms with Gasteiger partial charge in [-0.25, -0.2) is 15.8 Å². The zero-order valence-electron chi connectivity index (χ0n) is 11.9. The Hall–Kier alpha value is -1.40. The molecule has 0 radical (unpaired) electrons. The smallest absolute Gasteiger partial charge is 0.148 e. The molecular weight excluding hydrogens is 242 g/mol. The average molecular weight is 265 g/mol. The molecule has 0 bridgehead atoms. The second-order valence-electron chi connectivity index (χ2n) is 5.27. The largest absolute Gasteiger partial charge is 0.376 e. The summed E-state index contributed by atoms with van der Waals surface area (Å²) in [7, 11) is 2.04. The quantitative estimate of drug-likeness (QED) is 0.620. The number of anilines is 2. The van der Waals surface area contributed by atoms with E-state index in [1.807, 2.05) is 7.05 Å². The summed E-state index contributed by atoms with van der Waals surface area (Å²) in [4.78, 5) is 10.7. The van der Waals surface area contributed by atoms with Crippen molar-refractivity contribution in [2.45, 2.75) is 38.7 Å². The molecule has 1 saturated heterocycles. The number of aromatic nitrogens is 2. The van der Waals surface area contributed by atoms with Crippen molar-refractivity contribution in [2.24, 2.45) is 5.84 Å². The molecule has 0 saturated carbocycles.